The van der Waals surface area contributed by atoms with Crippen LogP contribution in [0.25, 0.3) is 22.0 Å². The molecule has 59 heavy (non-hydrogen) atoms. The zero-order valence-electron chi connectivity index (χ0n) is 31.5. The van der Waals surface area contributed by atoms with Gasteiger partial charge in [-0.15, -0.1) is 0 Å². The Morgan fingerprint density at radius 1 is 1.03 bits per heavy atom. The lowest BCUT2D eigenvalue weighted by Gasteiger charge is -2.34. The van der Waals surface area contributed by atoms with Crippen molar-refractivity contribution >= 4 is 32.7 Å². The molecule has 3 N–H and O–H groups in total. The number of para-hydroxylation sites is 1. The summed E-state index contributed by atoms with van der Waals surface area (Å²) < 4.78 is 132. The maximum absolute atomic E-state index is 15.7. The number of rotatable bonds is 9. The zero-order valence-corrected chi connectivity index (χ0v) is 32.3. The average molecular weight is 844 g/mol. The number of carbonyl (C=O) groups excluding carboxylic acids is 1. The first kappa shape index (κ1) is 40.3. The minimum atomic E-state index is -5.08. The van der Waals surface area contributed by atoms with Crippen LogP contribution in [-0.4, -0.2) is 55.8 Å². The second-order valence-electron chi connectivity index (χ2n) is 15.4. The van der Waals surface area contributed by atoms with Crippen LogP contribution in [-0.2, 0) is 46.9 Å². The molecule has 0 saturated heterocycles. The predicted molar refractivity (Wildman–Crippen MR) is 200 cm³/mol. The number of amides is 1. The second-order valence-corrected chi connectivity index (χ2v) is 17.2. The average Bonchev–Trinajstić information content (AvgIpc) is 3.83. The van der Waals surface area contributed by atoms with Crippen LogP contribution in [0, 0.1) is 29.4 Å². The van der Waals surface area contributed by atoms with Gasteiger partial charge in [0.2, 0.25) is 15.9 Å². The van der Waals surface area contributed by atoms with E-state index >= 15 is 8.78 Å². The van der Waals surface area contributed by atoms with Crippen molar-refractivity contribution in [3.63, 3.8) is 0 Å². The molecular weight excluding hydrogens is 808 g/mol. The number of hydrogen-bond acceptors (Lipinski definition) is 7. The van der Waals surface area contributed by atoms with E-state index in [1.165, 1.54) is 10.7 Å². The highest BCUT2D eigenvalue weighted by atomic mass is 32.2. The standard InChI is InChI=1S/C40H36F7N7O4S/c1-53-34-26(6-5-7-28(34)37(51-53)52-59(2,57)58)25-9-8-24(12-15-38(56)13-3-4-14-38)48-33(25)30(18-21-16-22(41)19-23(42)17-21)49-31(55)20-54-36-32(35(50-54)40(45,46)47)27-10-11-29(27)39(36,43)44/h5-9,16-17,19,27,29-30,56H,3-4,10-11,13-14,18,20H2,1-2H3,(H,49,55)(H,51,52)/t27-,29+,30-/m0/s1. The smallest absolute Gasteiger partial charge is 0.378 e. The van der Waals surface area contributed by atoms with Gasteiger partial charge in [0.1, 0.15) is 35.2 Å². The van der Waals surface area contributed by atoms with Gasteiger partial charge < -0.3 is 10.4 Å². The lowest BCUT2D eigenvalue weighted by molar-refractivity contribution is -0.144. The minimum absolute atomic E-state index is 0.00240. The van der Waals surface area contributed by atoms with Crippen molar-refractivity contribution < 1.29 is 49.1 Å². The summed E-state index contributed by atoms with van der Waals surface area (Å²) in [5, 5.41) is 21.9. The molecule has 2 saturated carbocycles. The van der Waals surface area contributed by atoms with Gasteiger partial charge in [-0.3, -0.25) is 18.9 Å². The monoisotopic (exact) mass is 843 g/mol. The van der Waals surface area contributed by atoms with E-state index in [1.54, 1.807) is 31.3 Å². The number of nitrogens with one attached hydrogen (secondary N) is 2. The van der Waals surface area contributed by atoms with E-state index in [0.29, 0.717) is 45.6 Å². The van der Waals surface area contributed by atoms with Gasteiger partial charge >= 0.3 is 6.18 Å². The summed E-state index contributed by atoms with van der Waals surface area (Å²) >= 11 is 0. The number of aryl methyl sites for hydroxylation is 1. The number of nitrogens with zero attached hydrogens (tertiary/aromatic N) is 5. The quantitative estimate of drug-likeness (QED) is 0.109. The summed E-state index contributed by atoms with van der Waals surface area (Å²) in [6.45, 7) is -1.07. The molecular formula is C40H36F7N7O4S. The molecule has 11 nitrogen and oxygen atoms in total. The highest BCUT2D eigenvalue weighted by Crippen LogP contribution is 2.64. The molecule has 0 unspecified atom stereocenters. The molecule has 310 valence electrons. The van der Waals surface area contributed by atoms with Gasteiger partial charge in [-0.1, -0.05) is 18.1 Å². The first-order chi connectivity index (χ1) is 27.7. The number of halogens is 7. The Kier molecular flexibility index (Phi) is 9.81. The van der Waals surface area contributed by atoms with Crippen molar-refractivity contribution in [1.29, 1.82) is 0 Å². The fraction of sp³-hybridized carbons (Fsp3) is 0.400. The Balaban J connectivity index is 1.27. The Bertz CT molecular complexity index is 2680. The van der Waals surface area contributed by atoms with Crippen molar-refractivity contribution in [2.24, 2.45) is 13.0 Å². The van der Waals surface area contributed by atoms with E-state index in [4.69, 9.17) is 4.98 Å². The summed E-state index contributed by atoms with van der Waals surface area (Å²) in [6.07, 6.45) is -2.02. The minimum Gasteiger partial charge on any atom is -0.378 e. The normalized spacial score (nSPS) is 19.7. The van der Waals surface area contributed by atoms with Gasteiger partial charge in [-0.25, -0.2) is 22.2 Å². The number of benzene rings is 2. The fourth-order valence-electron chi connectivity index (χ4n) is 8.62. The molecule has 3 atom stereocenters. The third kappa shape index (κ3) is 7.63. The number of aromatic nitrogens is 5. The van der Waals surface area contributed by atoms with Gasteiger partial charge in [0.05, 0.1) is 23.5 Å². The van der Waals surface area contributed by atoms with Gasteiger partial charge in [0, 0.05) is 41.1 Å². The number of alkyl halides is 5. The maximum atomic E-state index is 15.7. The SMILES string of the molecule is Cn1nc(NS(C)(=O)=O)c2cccc(-c3ccc(C#CC4(O)CCCC4)nc3[C@H](Cc3cc(F)cc(F)c3)NC(=O)Cn3nc(C(F)(F)F)c4c3C(F)(F)[C@@H]3CC[C@H]43)c21. The Morgan fingerprint density at radius 2 is 1.75 bits per heavy atom. The molecule has 1 amide bonds. The van der Waals surface area contributed by atoms with E-state index in [-0.39, 0.29) is 42.0 Å². The predicted octanol–water partition coefficient (Wildman–Crippen LogP) is 6.86. The molecule has 0 radical (unpaired) electrons. The molecule has 2 aromatic carbocycles. The van der Waals surface area contributed by atoms with E-state index < -0.39 is 86.6 Å². The number of aliphatic hydroxyl groups is 1. The maximum Gasteiger partial charge on any atom is 0.435 e. The van der Waals surface area contributed by atoms with Crippen LogP contribution >= 0.6 is 0 Å². The van der Waals surface area contributed by atoms with Gasteiger partial charge in [0.25, 0.3) is 5.92 Å². The summed E-state index contributed by atoms with van der Waals surface area (Å²) in [5.41, 5.74) is -3.10. The van der Waals surface area contributed by atoms with E-state index in [9.17, 15) is 40.3 Å². The van der Waals surface area contributed by atoms with E-state index in [1.807, 2.05) is 0 Å². The van der Waals surface area contributed by atoms with Crippen LogP contribution in [0.15, 0.2) is 48.5 Å². The lowest BCUT2D eigenvalue weighted by Crippen LogP contribution is -2.36. The number of anilines is 1. The number of hydrogen-bond donors (Lipinski definition) is 3. The molecule has 3 heterocycles. The molecule has 2 fully saturated rings. The number of fused-ring (bicyclic) bond motifs is 4. The van der Waals surface area contributed by atoms with E-state index in [0.717, 1.165) is 31.2 Å². The molecule has 3 aromatic heterocycles. The lowest BCUT2D eigenvalue weighted by atomic mass is 9.73. The number of sulfonamides is 1. The molecule has 0 aliphatic heterocycles. The van der Waals surface area contributed by atoms with Crippen LogP contribution in [0.5, 0.6) is 0 Å². The van der Waals surface area contributed by atoms with Crippen molar-refractivity contribution in [2.45, 2.75) is 81.2 Å². The molecule has 5 aromatic rings. The molecule has 3 aliphatic carbocycles. The summed E-state index contributed by atoms with van der Waals surface area (Å²) in [6, 6.07) is 9.32. The first-order valence-electron chi connectivity index (χ1n) is 18.7. The van der Waals surface area contributed by atoms with Crippen LogP contribution in [0.2, 0.25) is 0 Å². The summed E-state index contributed by atoms with van der Waals surface area (Å²) in [4.78, 5) is 18.8. The number of pyridine rings is 1. The van der Waals surface area contributed by atoms with Gasteiger partial charge in [0.15, 0.2) is 11.5 Å². The highest BCUT2D eigenvalue weighted by Gasteiger charge is 2.63. The highest BCUT2D eigenvalue weighted by molar-refractivity contribution is 7.92. The van der Waals surface area contributed by atoms with E-state index in [2.05, 4.69) is 32.1 Å². The molecule has 8 rings (SSSR count). The second kappa shape index (κ2) is 14.4. The van der Waals surface area contributed by atoms with Crippen molar-refractivity contribution in [2.75, 3.05) is 11.0 Å². The topological polar surface area (TPSA) is 144 Å². The van der Waals surface area contributed by atoms with Crippen molar-refractivity contribution in [3.8, 4) is 23.0 Å². The Hall–Kier alpha value is -5.48. The summed E-state index contributed by atoms with van der Waals surface area (Å²) in [7, 11) is -2.22. The van der Waals surface area contributed by atoms with Crippen LogP contribution in [0.4, 0.5) is 36.6 Å². The third-order valence-corrected chi connectivity index (χ3v) is 11.8. The number of carbonyl (C=O) groups is 1. The van der Waals surface area contributed by atoms with Crippen LogP contribution in [0.3, 0.4) is 0 Å². The van der Waals surface area contributed by atoms with Crippen LogP contribution < -0.4 is 10.0 Å². The molecule has 3 aliphatic rings. The molecule has 0 spiro atoms. The zero-order chi connectivity index (χ0) is 42.2. The van der Waals surface area contributed by atoms with Gasteiger partial charge in [-0.2, -0.15) is 32.1 Å². The summed E-state index contributed by atoms with van der Waals surface area (Å²) in [5.74, 6) is -3.33. The van der Waals surface area contributed by atoms with Gasteiger partial charge in [-0.05, 0) is 92.7 Å². The van der Waals surface area contributed by atoms with Crippen LogP contribution in [0.1, 0.15) is 84.4 Å². The van der Waals surface area contributed by atoms with Crippen molar-refractivity contribution in [1.82, 2.24) is 29.9 Å². The Morgan fingerprint density at radius 3 is 2.39 bits per heavy atom. The first-order valence-corrected chi connectivity index (χ1v) is 20.6. The molecule has 0 bridgehead atoms. The van der Waals surface area contributed by atoms with Crippen molar-refractivity contribution in [3.05, 3.63) is 94.1 Å². The molecule has 19 heteroatoms. The Labute approximate surface area is 333 Å². The third-order valence-electron chi connectivity index (χ3n) is 11.2. The fourth-order valence-corrected chi connectivity index (χ4v) is 9.12. The largest absolute Gasteiger partial charge is 0.435 e.